The van der Waals surface area contributed by atoms with Gasteiger partial charge in [0.25, 0.3) is 11.8 Å². The van der Waals surface area contributed by atoms with Crippen LogP contribution in [0.5, 0.6) is 5.75 Å². The summed E-state index contributed by atoms with van der Waals surface area (Å²) in [7, 11) is 0. The molecule has 0 saturated carbocycles. The maximum absolute atomic E-state index is 13.1. The van der Waals surface area contributed by atoms with Crippen LogP contribution in [0.1, 0.15) is 29.6 Å². The Hall–Kier alpha value is -4.08. The molecule has 2 saturated heterocycles. The molecular formula is C25H23N5O5. The lowest BCUT2D eigenvalue weighted by molar-refractivity contribution is -0.137. The molecule has 2 atom stereocenters. The van der Waals surface area contributed by atoms with Crippen LogP contribution in [0, 0.1) is 0 Å². The van der Waals surface area contributed by atoms with E-state index in [0.717, 1.165) is 4.90 Å². The Morgan fingerprint density at radius 1 is 0.971 bits per heavy atom. The van der Waals surface area contributed by atoms with Gasteiger partial charge in [0.15, 0.2) is 17.9 Å². The molecule has 4 aliphatic rings. The number of Topliss-reactive ketones (excluding diaryl/α,β-unsaturated/α-hetero) is 1. The molecule has 2 fully saturated rings. The molecule has 0 aromatic heterocycles. The molecule has 0 bridgehead atoms. The van der Waals surface area contributed by atoms with Crippen molar-refractivity contribution in [3.8, 4) is 5.75 Å². The summed E-state index contributed by atoms with van der Waals surface area (Å²) in [5, 5.41) is 9.29. The van der Waals surface area contributed by atoms with Crippen molar-refractivity contribution in [3.05, 3.63) is 60.2 Å². The molecule has 178 valence electrons. The van der Waals surface area contributed by atoms with Gasteiger partial charge < -0.3 is 9.64 Å². The number of fused-ring (bicyclic) bond motifs is 2. The minimum Gasteiger partial charge on any atom is -0.486 e. The van der Waals surface area contributed by atoms with Crippen molar-refractivity contribution >= 4 is 29.2 Å². The molecule has 0 aliphatic carbocycles. The molecule has 10 nitrogen and oxygen atoms in total. The number of carbonyl (C=O) groups is 4. The Kier molecular flexibility index (Phi) is 4.91. The number of para-hydroxylation sites is 2. The number of amides is 3. The van der Waals surface area contributed by atoms with Gasteiger partial charge in [-0.3, -0.25) is 24.2 Å². The normalized spacial score (nSPS) is 24.6. The fourth-order valence-corrected chi connectivity index (χ4v) is 5.31. The van der Waals surface area contributed by atoms with E-state index in [1.165, 1.54) is 5.01 Å². The Morgan fingerprint density at radius 2 is 1.69 bits per heavy atom. The lowest BCUT2D eigenvalue weighted by Crippen LogP contribution is -2.54. The molecule has 35 heavy (non-hydrogen) atoms. The quantitative estimate of drug-likeness (QED) is 0.631. The Bertz CT molecular complexity index is 1250. The number of benzene rings is 2. The van der Waals surface area contributed by atoms with Gasteiger partial charge in [0.05, 0.1) is 17.7 Å². The van der Waals surface area contributed by atoms with Gasteiger partial charge in [-0.25, -0.2) is 4.90 Å². The average Bonchev–Trinajstić information content (AvgIpc) is 3.39. The van der Waals surface area contributed by atoms with Gasteiger partial charge in [0.1, 0.15) is 17.9 Å². The minimum atomic E-state index is -0.943. The van der Waals surface area contributed by atoms with E-state index in [4.69, 9.17) is 4.74 Å². The lowest BCUT2D eigenvalue weighted by atomic mass is 9.82. The summed E-state index contributed by atoms with van der Waals surface area (Å²) in [6.45, 7) is 0.703. The standard InChI is InChI=1S/C25H23N5O5/c31-18-14-25(35-19-9-5-4-8-17(18)19)10-12-28(13-11-25)20(32)15-29-22-21(26-27-29)23(33)30(24(22)34)16-6-2-1-3-7-16/h1-9,21-22H,10-15H2/t21-,22+/m1/s1. The van der Waals surface area contributed by atoms with Crippen molar-refractivity contribution in [2.24, 2.45) is 10.3 Å². The van der Waals surface area contributed by atoms with Crippen LogP contribution < -0.4 is 9.64 Å². The molecule has 4 aliphatic heterocycles. The van der Waals surface area contributed by atoms with Crippen LogP contribution in [0.25, 0.3) is 0 Å². The first-order valence-electron chi connectivity index (χ1n) is 11.7. The molecular weight excluding hydrogens is 450 g/mol. The second-order valence-corrected chi connectivity index (χ2v) is 9.30. The highest BCUT2D eigenvalue weighted by molar-refractivity contribution is 6.25. The van der Waals surface area contributed by atoms with Crippen LogP contribution >= 0.6 is 0 Å². The maximum Gasteiger partial charge on any atom is 0.263 e. The van der Waals surface area contributed by atoms with Gasteiger partial charge in [0, 0.05) is 25.9 Å². The molecule has 1 spiro atoms. The van der Waals surface area contributed by atoms with Crippen molar-refractivity contribution in [1.82, 2.24) is 9.91 Å². The lowest BCUT2D eigenvalue weighted by Gasteiger charge is -2.44. The number of hydrogen-bond acceptors (Lipinski definition) is 8. The van der Waals surface area contributed by atoms with Gasteiger partial charge in [0.2, 0.25) is 5.91 Å². The molecule has 0 unspecified atom stereocenters. The maximum atomic E-state index is 13.1. The summed E-state index contributed by atoms with van der Waals surface area (Å²) >= 11 is 0. The fourth-order valence-electron chi connectivity index (χ4n) is 5.31. The van der Waals surface area contributed by atoms with Crippen molar-refractivity contribution in [2.75, 3.05) is 24.5 Å². The largest absolute Gasteiger partial charge is 0.486 e. The number of likely N-dealkylation sites (tertiary alicyclic amines) is 1. The zero-order chi connectivity index (χ0) is 24.2. The van der Waals surface area contributed by atoms with Crippen LogP contribution in [0.2, 0.25) is 0 Å². The first-order valence-corrected chi connectivity index (χ1v) is 11.7. The predicted octanol–water partition coefficient (Wildman–Crippen LogP) is 2.01. The third kappa shape index (κ3) is 3.48. The second-order valence-electron chi connectivity index (χ2n) is 9.30. The van der Waals surface area contributed by atoms with E-state index in [1.54, 1.807) is 47.4 Å². The number of carbonyl (C=O) groups excluding carboxylic acids is 4. The van der Waals surface area contributed by atoms with E-state index in [1.807, 2.05) is 12.1 Å². The topological polar surface area (TPSA) is 112 Å². The van der Waals surface area contributed by atoms with Gasteiger partial charge >= 0.3 is 0 Å². The monoisotopic (exact) mass is 473 g/mol. The number of ketones is 1. The SMILES string of the molecule is O=C1CC2(CCN(C(=O)CN3N=N[C@H]4C(=O)N(c5ccccc5)C(=O)[C@H]43)CC2)Oc2ccccc21. The third-order valence-electron chi connectivity index (χ3n) is 7.19. The number of ether oxygens (including phenoxy) is 1. The van der Waals surface area contributed by atoms with Crippen molar-refractivity contribution in [2.45, 2.75) is 36.9 Å². The zero-order valence-corrected chi connectivity index (χ0v) is 18.9. The van der Waals surface area contributed by atoms with E-state index in [9.17, 15) is 19.2 Å². The predicted molar refractivity (Wildman–Crippen MR) is 123 cm³/mol. The number of imide groups is 1. The van der Waals surface area contributed by atoms with Crippen LogP contribution in [0.15, 0.2) is 64.9 Å². The van der Waals surface area contributed by atoms with Crippen molar-refractivity contribution in [3.63, 3.8) is 0 Å². The smallest absolute Gasteiger partial charge is 0.263 e. The number of nitrogens with zero attached hydrogens (tertiary/aromatic N) is 5. The van der Waals surface area contributed by atoms with Crippen LogP contribution in [0.3, 0.4) is 0 Å². The second kappa shape index (κ2) is 8.00. The fraction of sp³-hybridized carbons (Fsp3) is 0.360. The summed E-state index contributed by atoms with van der Waals surface area (Å²) in [6.07, 6.45) is 1.36. The number of hydrogen-bond donors (Lipinski definition) is 0. The Morgan fingerprint density at radius 3 is 2.46 bits per heavy atom. The van der Waals surface area contributed by atoms with Gasteiger partial charge in [-0.1, -0.05) is 35.6 Å². The molecule has 2 aromatic rings. The highest BCUT2D eigenvalue weighted by Crippen LogP contribution is 2.39. The van der Waals surface area contributed by atoms with E-state index in [-0.39, 0.29) is 18.2 Å². The summed E-state index contributed by atoms with van der Waals surface area (Å²) in [5.74, 6) is -0.430. The third-order valence-corrected chi connectivity index (χ3v) is 7.19. The first kappa shape index (κ1) is 21.5. The van der Waals surface area contributed by atoms with E-state index in [2.05, 4.69) is 10.3 Å². The van der Waals surface area contributed by atoms with Crippen LogP contribution in [-0.2, 0) is 14.4 Å². The highest BCUT2D eigenvalue weighted by Gasteiger charge is 2.55. The molecule has 3 amide bonds. The van der Waals surface area contributed by atoms with E-state index in [0.29, 0.717) is 49.4 Å². The number of anilines is 1. The Labute approximate surface area is 201 Å². The summed E-state index contributed by atoms with van der Waals surface area (Å²) in [6, 6.07) is 14.0. The van der Waals surface area contributed by atoms with Gasteiger partial charge in [-0.2, -0.15) is 5.11 Å². The van der Waals surface area contributed by atoms with Gasteiger partial charge in [-0.05, 0) is 24.3 Å². The molecule has 10 heteroatoms. The zero-order valence-electron chi connectivity index (χ0n) is 18.9. The summed E-state index contributed by atoms with van der Waals surface area (Å²) in [4.78, 5) is 54.4. The molecule has 0 N–H and O–H groups in total. The molecule has 6 rings (SSSR count). The summed E-state index contributed by atoms with van der Waals surface area (Å²) in [5.41, 5.74) is 0.472. The van der Waals surface area contributed by atoms with Crippen LogP contribution in [-0.4, -0.2) is 70.7 Å². The first-order chi connectivity index (χ1) is 17.0. The summed E-state index contributed by atoms with van der Waals surface area (Å²) < 4.78 is 6.24. The number of piperidine rings is 1. The average molecular weight is 473 g/mol. The molecule has 2 aromatic carbocycles. The van der Waals surface area contributed by atoms with Crippen LogP contribution in [0.4, 0.5) is 5.69 Å². The molecule has 0 radical (unpaired) electrons. The number of rotatable bonds is 3. The van der Waals surface area contributed by atoms with Crippen molar-refractivity contribution < 1.29 is 23.9 Å². The highest BCUT2D eigenvalue weighted by atomic mass is 16.5. The Balaban J connectivity index is 1.11. The van der Waals surface area contributed by atoms with Crippen molar-refractivity contribution in [1.29, 1.82) is 0 Å². The van der Waals surface area contributed by atoms with Gasteiger partial charge in [-0.15, -0.1) is 0 Å². The molecule has 4 heterocycles. The minimum absolute atomic E-state index is 0.0579. The van der Waals surface area contributed by atoms with E-state index >= 15 is 0 Å². The van der Waals surface area contributed by atoms with E-state index < -0.39 is 29.5 Å².